The summed E-state index contributed by atoms with van der Waals surface area (Å²) in [6, 6.07) is 11.7. The number of carbonyl (C=O) groups excluding carboxylic acids is 2. The van der Waals surface area contributed by atoms with Crippen LogP contribution in [0, 0.1) is 23.7 Å². The van der Waals surface area contributed by atoms with Gasteiger partial charge in [-0.15, -0.1) is 4.36 Å². The number of amides is 2. The van der Waals surface area contributed by atoms with E-state index in [0.29, 0.717) is 48.0 Å². The number of ether oxygens (including phenoxy) is 2. The average molecular weight is 718 g/mol. The molecular weight excluding hydrogens is 674 g/mol. The molecule has 10 nitrogen and oxygen atoms in total. The summed E-state index contributed by atoms with van der Waals surface area (Å²) in [5.41, 5.74) is 3.79. The highest BCUT2D eigenvalue weighted by Gasteiger charge is 2.54. The number of carbonyl (C=O) groups is 2. The van der Waals surface area contributed by atoms with Gasteiger partial charge in [-0.3, -0.25) is 19.0 Å². The summed E-state index contributed by atoms with van der Waals surface area (Å²) in [6.07, 6.45) is 12.1. The number of anilines is 1. The molecule has 2 amide bonds. The van der Waals surface area contributed by atoms with Crippen molar-refractivity contribution in [1.29, 1.82) is 0 Å². The zero-order chi connectivity index (χ0) is 34.8. The standard InChI is InChI=1S/C38H44ClN5O5S/c1-23-5-4-6-34(48-3)29-10-7-25(29)19-44-21-38(16-26-13-30(26)31-15-28(39)9-11-32(31)38)22-49-35-12-8-24(14-33(35)44)36(45)41-50(47,20-23)42-37(46)27-17-40-43(2)18-27/h4,6,8-9,11-12,14-15,17-18,23,25-26,29-30,34H,5,7,10,13,16,19-22H2,1-3H3,(H,41,42,45,46,47)/b6-4-/t23-,25-,26-,29+,30-,34-,38-,50?/m0/s1. The summed E-state index contributed by atoms with van der Waals surface area (Å²) in [6.45, 7) is 4.00. The van der Waals surface area contributed by atoms with Crippen LogP contribution in [0.25, 0.3) is 0 Å². The van der Waals surface area contributed by atoms with Crippen molar-refractivity contribution < 1.29 is 23.3 Å². The van der Waals surface area contributed by atoms with Crippen LogP contribution in [0.2, 0.25) is 5.02 Å². The van der Waals surface area contributed by atoms with E-state index in [1.807, 2.05) is 25.1 Å². The van der Waals surface area contributed by atoms with Crippen LogP contribution in [-0.4, -0.2) is 64.5 Å². The minimum Gasteiger partial charge on any atom is -0.490 e. The van der Waals surface area contributed by atoms with E-state index in [2.05, 4.69) is 43.4 Å². The largest absolute Gasteiger partial charge is 0.490 e. The predicted octanol–water partition coefficient (Wildman–Crippen LogP) is 6.31. The van der Waals surface area contributed by atoms with Gasteiger partial charge in [0.05, 0.1) is 35.9 Å². The van der Waals surface area contributed by atoms with Gasteiger partial charge in [0.1, 0.15) is 15.7 Å². The van der Waals surface area contributed by atoms with E-state index in [4.69, 9.17) is 21.1 Å². The van der Waals surface area contributed by atoms with Crippen LogP contribution in [0.1, 0.15) is 76.8 Å². The first kappa shape index (κ1) is 33.5. The Labute approximate surface area is 298 Å². The fourth-order valence-electron chi connectivity index (χ4n) is 8.83. The molecule has 264 valence electrons. The van der Waals surface area contributed by atoms with Crippen LogP contribution < -0.4 is 14.4 Å². The lowest BCUT2D eigenvalue weighted by atomic mass is 9.68. The van der Waals surface area contributed by atoms with Gasteiger partial charge in [-0.05, 0) is 103 Å². The van der Waals surface area contributed by atoms with Crippen LogP contribution in [0.5, 0.6) is 5.75 Å². The molecule has 5 aliphatic rings. The van der Waals surface area contributed by atoms with E-state index >= 15 is 0 Å². The molecule has 3 aromatic rings. The molecule has 2 bridgehead atoms. The zero-order valence-electron chi connectivity index (χ0n) is 28.7. The summed E-state index contributed by atoms with van der Waals surface area (Å²) in [5.74, 6) is 1.24. The van der Waals surface area contributed by atoms with Gasteiger partial charge in [-0.1, -0.05) is 36.7 Å². The molecule has 1 N–H and O–H groups in total. The molecular formula is C38H44ClN5O5S. The molecule has 0 radical (unpaired) electrons. The highest BCUT2D eigenvalue weighted by molar-refractivity contribution is 7.92. The van der Waals surface area contributed by atoms with Gasteiger partial charge in [0.15, 0.2) is 0 Å². The number of hydrogen-bond acceptors (Lipinski definition) is 7. The van der Waals surface area contributed by atoms with Gasteiger partial charge in [-0.25, -0.2) is 4.21 Å². The van der Waals surface area contributed by atoms with Crippen molar-refractivity contribution in [3.8, 4) is 5.75 Å². The Morgan fingerprint density at radius 1 is 1.18 bits per heavy atom. The Hall–Kier alpha value is -3.67. The van der Waals surface area contributed by atoms with Crippen LogP contribution in [-0.2, 0) is 27.1 Å². The minimum atomic E-state index is -3.51. The van der Waals surface area contributed by atoms with Crippen LogP contribution in [0.4, 0.5) is 5.69 Å². The number of nitrogens with zero attached hydrogens (tertiary/aromatic N) is 4. The summed E-state index contributed by atoms with van der Waals surface area (Å²) in [5, 5.41) is 4.83. The van der Waals surface area contributed by atoms with E-state index in [0.717, 1.165) is 43.1 Å². The fourth-order valence-corrected chi connectivity index (χ4v) is 10.9. The fraction of sp³-hybridized carbons (Fsp3) is 0.500. The van der Waals surface area contributed by atoms with Gasteiger partial charge in [0.2, 0.25) is 0 Å². The maximum absolute atomic E-state index is 14.4. The lowest BCUT2D eigenvalue weighted by molar-refractivity contribution is 0.0131. The molecule has 2 saturated carbocycles. The van der Waals surface area contributed by atoms with Crippen molar-refractivity contribution in [2.75, 3.05) is 37.5 Å². The summed E-state index contributed by atoms with van der Waals surface area (Å²) >= 11 is 6.53. The smallest absolute Gasteiger partial charge is 0.286 e. The molecule has 1 aromatic heterocycles. The van der Waals surface area contributed by atoms with E-state index in [1.165, 1.54) is 34.6 Å². The molecule has 3 heterocycles. The summed E-state index contributed by atoms with van der Waals surface area (Å²) in [7, 11) is -0.0496. The number of fused-ring (bicyclic) bond motifs is 6. The van der Waals surface area contributed by atoms with Crippen molar-refractivity contribution in [2.24, 2.45) is 35.1 Å². The quantitative estimate of drug-likeness (QED) is 0.316. The molecule has 2 fully saturated rings. The average Bonchev–Trinajstić information content (AvgIpc) is 3.75. The first-order valence-electron chi connectivity index (χ1n) is 17.6. The molecule has 50 heavy (non-hydrogen) atoms. The second-order valence-corrected chi connectivity index (χ2v) is 17.6. The van der Waals surface area contributed by atoms with E-state index in [9.17, 15) is 13.8 Å². The summed E-state index contributed by atoms with van der Waals surface area (Å²) < 4.78 is 35.6. The SMILES string of the molecule is CO[C@H]1/C=C\C[C@H](C)CS(=O)(NC(=O)c2cnn(C)c2)=NC(=O)c2ccc3c(c2)N(C[C@@H]2CC[C@H]21)C[C@]1(CO3)C[C@@H]2C[C@@H]2c2cc(Cl)ccc21. The highest BCUT2D eigenvalue weighted by atomic mass is 35.5. The Balaban J connectivity index is 1.21. The molecule has 8 atom stereocenters. The summed E-state index contributed by atoms with van der Waals surface area (Å²) in [4.78, 5) is 29.6. The van der Waals surface area contributed by atoms with Gasteiger partial charge < -0.3 is 14.4 Å². The van der Waals surface area contributed by atoms with Crippen molar-refractivity contribution in [1.82, 2.24) is 14.5 Å². The van der Waals surface area contributed by atoms with Gasteiger partial charge in [0, 0.05) is 49.4 Å². The molecule has 1 spiro atoms. The normalized spacial score (nSPS) is 33.8. The molecule has 0 saturated heterocycles. The van der Waals surface area contributed by atoms with Crippen LogP contribution >= 0.6 is 11.6 Å². The minimum absolute atomic E-state index is 0.00701. The number of benzene rings is 2. The van der Waals surface area contributed by atoms with Crippen LogP contribution in [0.15, 0.2) is 65.3 Å². The Morgan fingerprint density at radius 3 is 2.80 bits per heavy atom. The second-order valence-electron chi connectivity index (χ2n) is 15.2. The third-order valence-corrected chi connectivity index (χ3v) is 13.8. The van der Waals surface area contributed by atoms with Gasteiger partial charge in [0.25, 0.3) is 11.8 Å². The van der Waals surface area contributed by atoms with Gasteiger partial charge >= 0.3 is 0 Å². The Kier molecular flexibility index (Phi) is 8.59. The third kappa shape index (κ3) is 6.26. The van der Waals surface area contributed by atoms with Crippen LogP contribution in [0.3, 0.4) is 0 Å². The van der Waals surface area contributed by atoms with Crippen molar-refractivity contribution >= 4 is 39.0 Å². The lowest BCUT2D eigenvalue weighted by Gasteiger charge is -2.46. The number of halogens is 1. The zero-order valence-corrected chi connectivity index (χ0v) is 30.3. The first-order valence-corrected chi connectivity index (χ1v) is 19.7. The monoisotopic (exact) mass is 717 g/mol. The number of nitrogens with one attached hydrogen (secondary N) is 1. The number of aromatic nitrogens is 2. The van der Waals surface area contributed by atoms with Crippen molar-refractivity contribution in [2.45, 2.75) is 56.5 Å². The number of rotatable bonds is 3. The number of allylic oxidation sites excluding steroid dienone is 1. The predicted molar refractivity (Wildman–Crippen MR) is 193 cm³/mol. The molecule has 1 unspecified atom stereocenters. The van der Waals surface area contributed by atoms with Crippen molar-refractivity contribution in [3.05, 3.63) is 88.2 Å². The highest BCUT2D eigenvalue weighted by Crippen LogP contribution is 2.61. The number of methoxy groups -OCH3 is 1. The lowest BCUT2D eigenvalue weighted by Crippen LogP contribution is -2.49. The van der Waals surface area contributed by atoms with E-state index in [-0.39, 0.29) is 28.8 Å². The molecule has 8 rings (SSSR count). The third-order valence-electron chi connectivity index (χ3n) is 11.6. The molecule has 12 heteroatoms. The topological polar surface area (TPSA) is 115 Å². The molecule has 3 aliphatic carbocycles. The van der Waals surface area contributed by atoms with Gasteiger partial charge in [-0.2, -0.15) is 5.10 Å². The second kappa shape index (κ2) is 12.8. The maximum Gasteiger partial charge on any atom is 0.286 e. The van der Waals surface area contributed by atoms with E-state index < -0.39 is 21.7 Å². The first-order chi connectivity index (χ1) is 24.0. The van der Waals surface area contributed by atoms with Crippen molar-refractivity contribution in [3.63, 3.8) is 0 Å². The number of hydrogen-bond donors (Lipinski definition) is 1. The Morgan fingerprint density at radius 2 is 2.04 bits per heavy atom. The molecule has 2 aromatic carbocycles. The Bertz CT molecular complexity index is 2000. The van der Waals surface area contributed by atoms with E-state index in [1.54, 1.807) is 20.2 Å². The number of aryl methyl sites for hydroxylation is 1. The molecule has 2 aliphatic heterocycles. The maximum atomic E-state index is 14.4.